The van der Waals surface area contributed by atoms with Crippen LogP contribution < -0.4 is 5.32 Å². The summed E-state index contributed by atoms with van der Waals surface area (Å²) in [6, 6.07) is 0.662. The van der Waals surface area contributed by atoms with Gasteiger partial charge >= 0.3 is 0 Å². The Morgan fingerprint density at radius 3 is 2.93 bits per heavy atom. The third-order valence-electron chi connectivity index (χ3n) is 3.05. The van der Waals surface area contributed by atoms with Gasteiger partial charge in [-0.15, -0.1) is 0 Å². The van der Waals surface area contributed by atoms with Crippen molar-refractivity contribution in [2.45, 2.75) is 17.7 Å². The lowest BCUT2D eigenvalue weighted by Gasteiger charge is -2.32. The molecule has 2 aliphatic rings. The van der Waals surface area contributed by atoms with Crippen LogP contribution in [0, 0.1) is 5.92 Å². The van der Waals surface area contributed by atoms with Gasteiger partial charge < -0.3 is 10.1 Å². The predicted octanol–water partition coefficient (Wildman–Crippen LogP) is 1.46. The quantitative estimate of drug-likeness (QED) is 0.796. The Hall–Kier alpha value is 0.620. The molecule has 0 spiro atoms. The number of hydrogen-bond donors (Lipinski definition) is 1. The summed E-state index contributed by atoms with van der Waals surface area (Å²) < 4.78 is 5.47. The lowest BCUT2D eigenvalue weighted by molar-refractivity contribution is 0.177. The molecule has 0 aromatic carbocycles. The highest BCUT2D eigenvalue weighted by molar-refractivity contribution is 8.06. The van der Waals surface area contributed by atoms with E-state index in [2.05, 4.69) is 35.9 Å². The van der Waals surface area contributed by atoms with Gasteiger partial charge in [-0.2, -0.15) is 23.5 Å². The van der Waals surface area contributed by atoms with E-state index in [-0.39, 0.29) is 0 Å². The van der Waals surface area contributed by atoms with Crippen molar-refractivity contribution < 1.29 is 4.74 Å². The molecule has 0 bridgehead atoms. The topological polar surface area (TPSA) is 21.3 Å². The molecule has 2 aliphatic heterocycles. The van der Waals surface area contributed by atoms with E-state index in [1.165, 1.54) is 23.7 Å². The van der Waals surface area contributed by atoms with Gasteiger partial charge in [0.05, 0.1) is 6.61 Å². The van der Waals surface area contributed by atoms with Gasteiger partial charge in [0.2, 0.25) is 0 Å². The monoisotopic (exact) mass is 233 g/mol. The van der Waals surface area contributed by atoms with E-state index in [1.807, 2.05) is 0 Å². The Balaban J connectivity index is 1.89. The molecule has 2 rings (SSSR count). The number of nitrogens with one attached hydrogen (secondary N) is 1. The Bertz CT molecular complexity index is 168. The maximum absolute atomic E-state index is 5.47. The number of rotatable bonds is 3. The summed E-state index contributed by atoms with van der Waals surface area (Å²) in [6.07, 6.45) is 1.24. The first-order valence-corrected chi connectivity index (χ1v) is 7.56. The number of ether oxygens (including phenoxy) is 1. The van der Waals surface area contributed by atoms with Crippen molar-refractivity contribution in [1.29, 1.82) is 0 Å². The normalized spacial score (nSPS) is 35.8. The summed E-state index contributed by atoms with van der Waals surface area (Å²) in [6.45, 7) is 1.93. The second-order valence-corrected chi connectivity index (χ2v) is 6.42. The van der Waals surface area contributed by atoms with Crippen LogP contribution in [0.3, 0.4) is 0 Å². The Kier molecular flexibility index (Phi) is 4.47. The van der Waals surface area contributed by atoms with Gasteiger partial charge in [0.25, 0.3) is 0 Å². The SMILES string of the molecule is CNC(C1CCOC1)C1CSCCS1. The largest absolute Gasteiger partial charge is 0.381 e. The van der Waals surface area contributed by atoms with Crippen molar-refractivity contribution in [3.63, 3.8) is 0 Å². The van der Waals surface area contributed by atoms with Gasteiger partial charge in [-0.05, 0) is 13.5 Å². The summed E-state index contributed by atoms with van der Waals surface area (Å²) in [5.41, 5.74) is 0. The van der Waals surface area contributed by atoms with E-state index >= 15 is 0 Å². The lowest BCUT2D eigenvalue weighted by atomic mass is 9.97. The predicted molar refractivity (Wildman–Crippen MR) is 65.3 cm³/mol. The van der Waals surface area contributed by atoms with Crippen molar-refractivity contribution in [1.82, 2.24) is 5.32 Å². The van der Waals surface area contributed by atoms with E-state index in [4.69, 9.17) is 4.74 Å². The molecule has 3 unspecified atom stereocenters. The third-order valence-corrected chi connectivity index (χ3v) is 5.93. The molecule has 0 aromatic heterocycles. The van der Waals surface area contributed by atoms with Crippen LogP contribution in [-0.2, 0) is 4.74 Å². The van der Waals surface area contributed by atoms with Crippen LogP contribution in [0.25, 0.3) is 0 Å². The van der Waals surface area contributed by atoms with Gasteiger partial charge in [-0.1, -0.05) is 0 Å². The van der Waals surface area contributed by atoms with Crippen molar-refractivity contribution in [3.8, 4) is 0 Å². The zero-order valence-electron chi connectivity index (χ0n) is 8.70. The van der Waals surface area contributed by atoms with Crippen molar-refractivity contribution in [3.05, 3.63) is 0 Å². The van der Waals surface area contributed by atoms with Crippen LogP contribution >= 0.6 is 23.5 Å². The first-order chi connectivity index (χ1) is 6.92. The molecule has 2 heterocycles. The van der Waals surface area contributed by atoms with E-state index in [9.17, 15) is 0 Å². The van der Waals surface area contributed by atoms with Crippen molar-refractivity contribution in [2.75, 3.05) is 37.5 Å². The Labute approximate surface area is 94.9 Å². The van der Waals surface area contributed by atoms with Crippen molar-refractivity contribution in [2.24, 2.45) is 5.92 Å². The molecule has 0 saturated carbocycles. The molecule has 2 saturated heterocycles. The van der Waals surface area contributed by atoms with Crippen LogP contribution in [0.2, 0.25) is 0 Å². The van der Waals surface area contributed by atoms with Crippen LogP contribution in [0.4, 0.5) is 0 Å². The smallest absolute Gasteiger partial charge is 0.0510 e. The summed E-state index contributed by atoms with van der Waals surface area (Å²) in [5.74, 6) is 4.71. The second-order valence-electron chi connectivity index (χ2n) is 3.92. The number of thioether (sulfide) groups is 2. The molecular formula is C10H19NOS2. The second kappa shape index (κ2) is 5.64. The highest BCUT2D eigenvalue weighted by Gasteiger charge is 2.32. The highest BCUT2D eigenvalue weighted by Crippen LogP contribution is 2.31. The maximum atomic E-state index is 5.47. The molecule has 0 radical (unpaired) electrons. The molecule has 0 amide bonds. The summed E-state index contributed by atoms with van der Waals surface area (Å²) in [4.78, 5) is 0. The summed E-state index contributed by atoms with van der Waals surface area (Å²) in [7, 11) is 2.10. The first kappa shape index (κ1) is 11.1. The zero-order chi connectivity index (χ0) is 9.80. The molecule has 1 N–H and O–H groups in total. The van der Waals surface area contributed by atoms with Gasteiger partial charge in [-0.25, -0.2) is 0 Å². The van der Waals surface area contributed by atoms with Crippen LogP contribution in [0.5, 0.6) is 0 Å². The molecule has 0 aliphatic carbocycles. The minimum atomic E-state index is 0.662. The Morgan fingerprint density at radius 2 is 2.36 bits per heavy atom. The van der Waals surface area contributed by atoms with E-state index in [1.54, 1.807) is 0 Å². The van der Waals surface area contributed by atoms with Gasteiger partial charge in [-0.3, -0.25) is 0 Å². The lowest BCUT2D eigenvalue weighted by Crippen LogP contribution is -2.44. The van der Waals surface area contributed by atoms with Gasteiger partial charge in [0, 0.05) is 41.1 Å². The van der Waals surface area contributed by atoms with Crippen LogP contribution in [-0.4, -0.2) is 48.8 Å². The number of hydrogen-bond acceptors (Lipinski definition) is 4. The average Bonchev–Trinajstić information content (AvgIpc) is 2.74. The average molecular weight is 233 g/mol. The molecule has 82 valence electrons. The summed E-state index contributed by atoms with van der Waals surface area (Å²) >= 11 is 4.25. The molecule has 4 heteroatoms. The molecule has 2 nitrogen and oxygen atoms in total. The molecular weight excluding hydrogens is 214 g/mol. The fraction of sp³-hybridized carbons (Fsp3) is 1.00. The van der Waals surface area contributed by atoms with Crippen LogP contribution in [0.15, 0.2) is 0 Å². The third kappa shape index (κ3) is 2.60. The fourth-order valence-corrected chi connectivity index (χ4v) is 5.28. The highest BCUT2D eigenvalue weighted by atomic mass is 32.2. The van der Waals surface area contributed by atoms with E-state index < -0.39 is 0 Å². The first-order valence-electron chi connectivity index (χ1n) is 5.36. The standard InChI is InChI=1S/C10H19NOS2/c1-11-10(8-2-3-12-6-8)9-7-13-4-5-14-9/h8-11H,2-7H2,1H3. The molecule has 3 atom stereocenters. The van der Waals surface area contributed by atoms with Crippen molar-refractivity contribution >= 4 is 23.5 Å². The molecule has 0 aromatic rings. The molecule has 2 fully saturated rings. The van der Waals surface area contributed by atoms with Crippen LogP contribution in [0.1, 0.15) is 6.42 Å². The van der Waals surface area contributed by atoms with Gasteiger partial charge in [0.1, 0.15) is 0 Å². The maximum Gasteiger partial charge on any atom is 0.0510 e. The van der Waals surface area contributed by atoms with E-state index in [0.717, 1.165) is 24.4 Å². The minimum absolute atomic E-state index is 0.662. The fourth-order valence-electron chi connectivity index (χ4n) is 2.27. The van der Waals surface area contributed by atoms with Gasteiger partial charge in [0.15, 0.2) is 0 Å². The minimum Gasteiger partial charge on any atom is -0.381 e. The Morgan fingerprint density at radius 1 is 1.43 bits per heavy atom. The van der Waals surface area contributed by atoms with E-state index in [0.29, 0.717) is 6.04 Å². The zero-order valence-corrected chi connectivity index (χ0v) is 10.3. The molecule has 14 heavy (non-hydrogen) atoms. The summed E-state index contributed by atoms with van der Waals surface area (Å²) in [5, 5.41) is 4.30.